The van der Waals surface area contributed by atoms with Crippen molar-refractivity contribution in [3.8, 4) is 11.3 Å². The number of fused-ring (bicyclic) bond motifs is 1. The van der Waals surface area contributed by atoms with Gasteiger partial charge in [0.05, 0.1) is 11.3 Å². The summed E-state index contributed by atoms with van der Waals surface area (Å²) in [7, 11) is 0. The number of nitrogens with one attached hydrogen (secondary N) is 1. The minimum atomic E-state index is -4.54. The van der Waals surface area contributed by atoms with Gasteiger partial charge < -0.3 is 9.72 Å². The van der Waals surface area contributed by atoms with Crippen molar-refractivity contribution < 1.29 is 18.0 Å². The Morgan fingerprint density at radius 2 is 1.83 bits per heavy atom. The summed E-state index contributed by atoms with van der Waals surface area (Å²) in [4.78, 5) is 20.2. The van der Waals surface area contributed by atoms with E-state index in [2.05, 4.69) is 15.3 Å². The van der Waals surface area contributed by atoms with Crippen molar-refractivity contribution in [2.45, 2.75) is 13.1 Å². The Morgan fingerprint density at radius 3 is 2.45 bits per heavy atom. The van der Waals surface area contributed by atoms with Crippen LogP contribution in [0.4, 0.5) is 18.9 Å². The summed E-state index contributed by atoms with van der Waals surface area (Å²) in [5.74, 6) is -0.540. The molecule has 0 fully saturated rings. The predicted octanol–water partition coefficient (Wildman–Crippen LogP) is 4.98. The highest BCUT2D eigenvalue weighted by Gasteiger charge is 2.32. The number of halogens is 3. The highest BCUT2D eigenvalue weighted by atomic mass is 19.4. The average molecular weight is 396 g/mol. The van der Waals surface area contributed by atoms with Crippen LogP contribution in [0.5, 0.6) is 0 Å². The number of carbonyl (C=O) groups excluding carboxylic acids is 1. The van der Waals surface area contributed by atoms with Crippen LogP contribution in [-0.4, -0.2) is 20.3 Å². The molecule has 0 bridgehead atoms. The lowest BCUT2D eigenvalue weighted by Crippen LogP contribution is -2.14. The molecular formula is C21H15F3N4O. The molecule has 0 aliphatic carbocycles. The Labute approximate surface area is 163 Å². The Balaban J connectivity index is 1.50. The SMILES string of the molecule is Cc1cccn2cc(-c3ccc(NC(=O)c4ccc(C(F)(F)F)nc4)cc3)nc12. The van der Waals surface area contributed by atoms with E-state index in [0.717, 1.165) is 40.8 Å². The summed E-state index contributed by atoms with van der Waals surface area (Å²) in [5.41, 5.74) is 3.12. The first-order chi connectivity index (χ1) is 13.8. The van der Waals surface area contributed by atoms with E-state index in [4.69, 9.17) is 0 Å². The van der Waals surface area contributed by atoms with Gasteiger partial charge in [0.25, 0.3) is 5.91 Å². The van der Waals surface area contributed by atoms with E-state index < -0.39 is 17.8 Å². The molecule has 3 aromatic heterocycles. The second-order valence-electron chi connectivity index (χ2n) is 6.51. The third-order valence-corrected chi connectivity index (χ3v) is 4.43. The number of carbonyl (C=O) groups is 1. The van der Waals surface area contributed by atoms with Gasteiger partial charge in [0, 0.05) is 29.8 Å². The first-order valence-corrected chi connectivity index (χ1v) is 8.70. The van der Waals surface area contributed by atoms with Crippen LogP contribution in [0.3, 0.4) is 0 Å². The molecule has 0 saturated heterocycles. The lowest BCUT2D eigenvalue weighted by atomic mass is 10.1. The molecule has 5 nitrogen and oxygen atoms in total. The van der Waals surface area contributed by atoms with Crippen LogP contribution in [0.25, 0.3) is 16.9 Å². The van der Waals surface area contributed by atoms with Crippen molar-refractivity contribution in [3.63, 3.8) is 0 Å². The standard InChI is InChI=1S/C21H15F3N4O/c1-13-3-2-10-28-12-17(27-19(13)28)14-4-7-16(8-5-14)26-20(29)15-6-9-18(25-11-15)21(22,23)24/h2-12H,1H3,(H,26,29). The molecule has 0 aliphatic rings. The van der Waals surface area contributed by atoms with Crippen molar-refractivity contribution in [3.05, 3.63) is 83.9 Å². The number of alkyl halides is 3. The van der Waals surface area contributed by atoms with Gasteiger partial charge in [-0.2, -0.15) is 13.2 Å². The quantitative estimate of drug-likeness (QED) is 0.532. The summed E-state index contributed by atoms with van der Waals surface area (Å²) in [6.45, 7) is 1.99. The number of amides is 1. The summed E-state index contributed by atoms with van der Waals surface area (Å²) >= 11 is 0. The molecule has 1 amide bonds. The third-order valence-electron chi connectivity index (χ3n) is 4.43. The van der Waals surface area contributed by atoms with Crippen LogP contribution in [-0.2, 0) is 6.18 Å². The molecule has 0 atom stereocenters. The monoisotopic (exact) mass is 396 g/mol. The molecule has 0 spiro atoms. The van der Waals surface area contributed by atoms with Crippen LogP contribution < -0.4 is 5.32 Å². The Bertz CT molecular complexity index is 1180. The van der Waals surface area contributed by atoms with E-state index in [0.29, 0.717) is 5.69 Å². The number of pyridine rings is 2. The molecule has 0 unspecified atom stereocenters. The zero-order chi connectivity index (χ0) is 20.6. The predicted molar refractivity (Wildman–Crippen MR) is 103 cm³/mol. The summed E-state index contributed by atoms with van der Waals surface area (Å²) in [6.07, 6.45) is 0.210. The normalized spacial score (nSPS) is 11.6. The largest absolute Gasteiger partial charge is 0.433 e. The van der Waals surface area contributed by atoms with Crippen LogP contribution in [0.1, 0.15) is 21.6 Å². The lowest BCUT2D eigenvalue weighted by molar-refractivity contribution is -0.141. The fourth-order valence-corrected chi connectivity index (χ4v) is 2.92. The lowest BCUT2D eigenvalue weighted by Gasteiger charge is -2.08. The van der Waals surface area contributed by atoms with E-state index in [-0.39, 0.29) is 5.56 Å². The number of nitrogens with zero attached hydrogens (tertiary/aromatic N) is 3. The molecule has 1 N–H and O–H groups in total. The number of anilines is 1. The Hall–Kier alpha value is -3.68. The molecule has 8 heteroatoms. The van der Waals surface area contributed by atoms with Crippen LogP contribution in [0.15, 0.2) is 67.1 Å². The minimum Gasteiger partial charge on any atom is -0.322 e. The molecule has 146 valence electrons. The van der Waals surface area contributed by atoms with Crippen molar-refractivity contribution in [1.82, 2.24) is 14.4 Å². The number of aryl methyl sites for hydroxylation is 1. The van der Waals surface area contributed by atoms with Gasteiger partial charge in [0.2, 0.25) is 0 Å². The highest BCUT2D eigenvalue weighted by molar-refractivity contribution is 6.04. The maximum Gasteiger partial charge on any atom is 0.433 e. The summed E-state index contributed by atoms with van der Waals surface area (Å²) in [5, 5.41) is 2.64. The van der Waals surface area contributed by atoms with Crippen LogP contribution in [0, 0.1) is 6.92 Å². The van der Waals surface area contributed by atoms with Crippen LogP contribution >= 0.6 is 0 Å². The fraction of sp³-hybridized carbons (Fsp3) is 0.0952. The number of aromatic nitrogens is 3. The van der Waals surface area contributed by atoms with Crippen molar-refractivity contribution in [2.75, 3.05) is 5.32 Å². The van der Waals surface area contributed by atoms with Crippen molar-refractivity contribution in [2.24, 2.45) is 0 Å². The summed E-state index contributed by atoms with van der Waals surface area (Å²) in [6, 6.07) is 12.9. The number of imidazole rings is 1. The van der Waals surface area contributed by atoms with E-state index in [1.54, 1.807) is 12.1 Å². The summed E-state index contributed by atoms with van der Waals surface area (Å²) < 4.78 is 39.6. The molecule has 3 heterocycles. The van der Waals surface area contributed by atoms with Gasteiger partial charge in [-0.3, -0.25) is 9.78 Å². The second-order valence-corrected chi connectivity index (χ2v) is 6.51. The van der Waals surface area contributed by atoms with E-state index in [1.807, 2.05) is 48.0 Å². The van der Waals surface area contributed by atoms with Gasteiger partial charge in [-0.1, -0.05) is 18.2 Å². The van der Waals surface area contributed by atoms with E-state index in [9.17, 15) is 18.0 Å². The maximum absolute atomic E-state index is 12.6. The highest BCUT2D eigenvalue weighted by Crippen LogP contribution is 2.27. The molecule has 0 aliphatic heterocycles. The smallest absolute Gasteiger partial charge is 0.322 e. The molecular weight excluding hydrogens is 381 g/mol. The first kappa shape index (κ1) is 18.7. The molecule has 0 saturated carbocycles. The van der Waals surface area contributed by atoms with Crippen molar-refractivity contribution in [1.29, 1.82) is 0 Å². The molecule has 0 radical (unpaired) electrons. The number of benzene rings is 1. The van der Waals surface area contributed by atoms with Gasteiger partial charge in [-0.25, -0.2) is 4.98 Å². The molecule has 4 aromatic rings. The number of rotatable bonds is 3. The van der Waals surface area contributed by atoms with Gasteiger partial charge in [-0.15, -0.1) is 0 Å². The van der Waals surface area contributed by atoms with Gasteiger partial charge in [0.1, 0.15) is 11.3 Å². The van der Waals surface area contributed by atoms with E-state index >= 15 is 0 Å². The first-order valence-electron chi connectivity index (χ1n) is 8.70. The fourth-order valence-electron chi connectivity index (χ4n) is 2.92. The van der Waals surface area contributed by atoms with Gasteiger partial charge in [0.15, 0.2) is 0 Å². The number of hydrogen-bond acceptors (Lipinski definition) is 3. The van der Waals surface area contributed by atoms with Gasteiger partial charge in [-0.05, 0) is 42.8 Å². The van der Waals surface area contributed by atoms with Crippen molar-refractivity contribution >= 4 is 17.2 Å². The van der Waals surface area contributed by atoms with E-state index in [1.165, 1.54) is 0 Å². The number of hydrogen-bond donors (Lipinski definition) is 1. The zero-order valence-corrected chi connectivity index (χ0v) is 15.2. The minimum absolute atomic E-state index is 0.0397. The molecule has 1 aromatic carbocycles. The molecule has 29 heavy (non-hydrogen) atoms. The average Bonchev–Trinajstić information content (AvgIpc) is 3.14. The Kier molecular flexibility index (Phi) is 4.54. The van der Waals surface area contributed by atoms with Gasteiger partial charge >= 0.3 is 6.18 Å². The Morgan fingerprint density at radius 1 is 1.07 bits per heavy atom. The maximum atomic E-state index is 12.6. The third kappa shape index (κ3) is 3.82. The van der Waals surface area contributed by atoms with Crippen LogP contribution in [0.2, 0.25) is 0 Å². The zero-order valence-electron chi connectivity index (χ0n) is 15.2. The second kappa shape index (κ2) is 7.05. The molecule has 4 rings (SSSR count). The topological polar surface area (TPSA) is 59.3 Å².